The van der Waals surface area contributed by atoms with Crippen LogP contribution in [0, 0.1) is 5.41 Å². The van der Waals surface area contributed by atoms with Gasteiger partial charge in [-0.2, -0.15) is 0 Å². The Morgan fingerprint density at radius 1 is 1.29 bits per heavy atom. The predicted molar refractivity (Wildman–Crippen MR) is 86.4 cm³/mol. The van der Waals surface area contributed by atoms with E-state index >= 15 is 0 Å². The summed E-state index contributed by atoms with van der Waals surface area (Å²) >= 11 is 0. The lowest BCUT2D eigenvalue weighted by Gasteiger charge is -2.23. The summed E-state index contributed by atoms with van der Waals surface area (Å²) < 4.78 is 5.30. The molecule has 4 heteroatoms. The number of hydrogen-bond acceptors (Lipinski definition) is 3. The molecule has 0 aromatic heterocycles. The topological polar surface area (TPSA) is 64.3 Å². The fraction of sp³-hybridized carbons (Fsp3) is 0.588. The summed E-state index contributed by atoms with van der Waals surface area (Å²) in [4.78, 5) is 11.9. The summed E-state index contributed by atoms with van der Waals surface area (Å²) in [7, 11) is 1.66. The number of rotatable bonds is 9. The molecule has 118 valence electrons. The van der Waals surface area contributed by atoms with Gasteiger partial charge in [0.1, 0.15) is 5.75 Å². The summed E-state index contributed by atoms with van der Waals surface area (Å²) in [5, 5.41) is 2.97. The van der Waals surface area contributed by atoms with Gasteiger partial charge in [0.05, 0.1) is 7.11 Å². The molecule has 1 rings (SSSR count). The molecule has 1 aromatic rings. The molecular formula is C17H28N2O2. The number of nitrogens with two attached hydrogens (primary N) is 1. The summed E-state index contributed by atoms with van der Waals surface area (Å²) in [5.41, 5.74) is 6.83. The number of ether oxygens (including phenoxy) is 1. The molecule has 0 spiro atoms. The Kier molecular flexibility index (Phi) is 7.23. The van der Waals surface area contributed by atoms with E-state index in [2.05, 4.69) is 19.2 Å². The third kappa shape index (κ3) is 6.63. The maximum Gasteiger partial charge on any atom is 0.220 e. The molecule has 0 heterocycles. The first kappa shape index (κ1) is 17.5. The largest absolute Gasteiger partial charge is 0.496 e. The van der Waals surface area contributed by atoms with Gasteiger partial charge < -0.3 is 15.8 Å². The van der Waals surface area contributed by atoms with Crippen LogP contribution in [0.3, 0.4) is 0 Å². The van der Waals surface area contributed by atoms with Crippen molar-refractivity contribution in [3.63, 3.8) is 0 Å². The van der Waals surface area contributed by atoms with Crippen molar-refractivity contribution >= 4 is 5.91 Å². The lowest BCUT2D eigenvalue weighted by atomic mass is 9.84. The quantitative estimate of drug-likeness (QED) is 0.735. The summed E-state index contributed by atoms with van der Waals surface area (Å²) in [6, 6.07) is 7.89. The van der Waals surface area contributed by atoms with E-state index in [0.717, 1.165) is 30.6 Å². The molecule has 0 saturated carbocycles. The monoisotopic (exact) mass is 292 g/mol. The number of methoxy groups -OCH3 is 1. The highest BCUT2D eigenvalue weighted by Crippen LogP contribution is 2.25. The predicted octanol–water partition coefficient (Wildman–Crippen LogP) is 2.51. The molecule has 3 N–H and O–H groups in total. The molecule has 0 saturated heterocycles. The first-order chi connectivity index (χ1) is 9.98. The van der Waals surface area contributed by atoms with Crippen molar-refractivity contribution in [3.8, 4) is 5.75 Å². The normalized spacial score (nSPS) is 11.2. The Bertz CT molecular complexity index is 444. The maximum absolute atomic E-state index is 11.9. The number of carbonyl (C=O) groups excluding carboxylic acids is 1. The average molecular weight is 292 g/mol. The highest BCUT2D eigenvalue weighted by Gasteiger charge is 2.18. The van der Waals surface area contributed by atoms with Crippen molar-refractivity contribution in [1.82, 2.24) is 5.32 Å². The third-order valence-electron chi connectivity index (χ3n) is 3.76. The molecule has 0 aliphatic carbocycles. The van der Waals surface area contributed by atoms with Crippen LogP contribution >= 0.6 is 0 Å². The van der Waals surface area contributed by atoms with Crippen molar-refractivity contribution in [3.05, 3.63) is 29.8 Å². The number of nitrogens with one attached hydrogen (secondary N) is 1. The number of para-hydroxylation sites is 1. The molecule has 21 heavy (non-hydrogen) atoms. The highest BCUT2D eigenvalue weighted by molar-refractivity contribution is 5.75. The lowest BCUT2D eigenvalue weighted by molar-refractivity contribution is -0.121. The van der Waals surface area contributed by atoms with Crippen LogP contribution in [-0.4, -0.2) is 26.1 Å². The van der Waals surface area contributed by atoms with Gasteiger partial charge >= 0.3 is 0 Å². The molecule has 0 aliphatic rings. The van der Waals surface area contributed by atoms with Crippen LogP contribution < -0.4 is 15.8 Å². The highest BCUT2D eigenvalue weighted by atomic mass is 16.5. The zero-order chi connectivity index (χ0) is 15.7. The summed E-state index contributed by atoms with van der Waals surface area (Å²) in [6.07, 6.45) is 3.15. The van der Waals surface area contributed by atoms with Crippen molar-refractivity contribution in [2.24, 2.45) is 11.1 Å². The van der Waals surface area contributed by atoms with Crippen molar-refractivity contribution in [1.29, 1.82) is 0 Å². The van der Waals surface area contributed by atoms with Gasteiger partial charge in [0.25, 0.3) is 0 Å². The number of carbonyl (C=O) groups is 1. The maximum atomic E-state index is 11.9. The molecule has 0 atom stereocenters. The van der Waals surface area contributed by atoms with Crippen LogP contribution in [0.25, 0.3) is 0 Å². The smallest absolute Gasteiger partial charge is 0.220 e. The number of benzene rings is 1. The van der Waals surface area contributed by atoms with E-state index in [9.17, 15) is 4.79 Å². The van der Waals surface area contributed by atoms with Crippen LogP contribution in [0.15, 0.2) is 24.3 Å². The van der Waals surface area contributed by atoms with Crippen molar-refractivity contribution in [2.75, 3.05) is 20.2 Å². The molecule has 0 aliphatic heterocycles. The second kappa shape index (κ2) is 8.67. The minimum atomic E-state index is 0.106. The van der Waals surface area contributed by atoms with Gasteiger partial charge in [0.2, 0.25) is 5.91 Å². The van der Waals surface area contributed by atoms with Crippen molar-refractivity contribution in [2.45, 2.75) is 39.5 Å². The van der Waals surface area contributed by atoms with Gasteiger partial charge in [0, 0.05) is 13.0 Å². The zero-order valence-corrected chi connectivity index (χ0v) is 13.4. The molecule has 0 unspecified atom stereocenters. The van der Waals surface area contributed by atoms with Crippen LogP contribution in [0.1, 0.15) is 38.7 Å². The molecule has 1 aromatic carbocycles. The Hall–Kier alpha value is -1.55. The van der Waals surface area contributed by atoms with E-state index in [0.29, 0.717) is 19.5 Å². The summed E-state index contributed by atoms with van der Waals surface area (Å²) in [5.74, 6) is 0.978. The first-order valence-electron chi connectivity index (χ1n) is 7.57. The van der Waals surface area contributed by atoms with E-state index in [1.807, 2.05) is 24.3 Å². The first-order valence-corrected chi connectivity index (χ1v) is 7.57. The third-order valence-corrected chi connectivity index (χ3v) is 3.76. The van der Waals surface area contributed by atoms with E-state index in [1.165, 1.54) is 0 Å². The van der Waals surface area contributed by atoms with E-state index in [1.54, 1.807) is 7.11 Å². The van der Waals surface area contributed by atoms with Gasteiger partial charge in [-0.3, -0.25) is 4.79 Å². The lowest BCUT2D eigenvalue weighted by Crippen LogP contribution is -2.27. The molecule has 0 fully saturated rings. The van der Waals surface area contributed by atoms with Crippen LogP contribution in [0.4, 0.5) is 0 Å². The Morgan fingerprint density at radius 2 is 2.00 bits per heavy atom. The van der Waals surface area contributed by atoms with Gasteiger partial charge in [-0.15, -0.1) is 0 Å². The minimum absolute atomic E-state index is 0.106. The molecule has 1 amide bonds. The summed E-state index contributed by atoms with van der Waals surface area (Å²) in [6.45, 7) is 5.61. The van der Waals surface area contributed by atoms with E-state index in [4.69, 9.17) is 10.5 Å². The van der Waals surface area contributed by atoms with Crippen LogP contribution in [0.2, 0.25) is 0 Å². The molecule has 0 bridgehead atoms. The SMILES string of the molecule is COc1ccccc1CCNC(=O)CCC(C)(C)CCN. The molecule has 4 nitrogen and oxygen atoms in total. The Balaban J connectivity index is 2.31. The van der Waals surface area contributed by atoms with Gasteiger partial charge in [0.15, 0.2) is 0 Å². The van der Waals surface area contributed by atoms with Gasteiger partial charge in [-0.05, 0) is 42.9 Å². The molecular weight excluding hydrogens is 264 g/mol. The standard InChI is InChI=1S/C17H28N2O2/c1-17(2,11-12-18)10-8-16(20)19-13-9-14-6-4-5-7-15(14)21-3/h4-7H,8-13,18H2,1-3H3,(H,19,20). The fourth-order valence-electron chi connectivity index (χ4n) is 2.30. The minimum Gasteiger partial charge on any atom is -0.496 e. The second-order valence-electron chi connectivity index (χ2n) is 6.11. The number of hydrogen-bond donors (Lipinski definition) is 2. The molecule has 0 radical (unpaired) electrons. The van der Waals surface area contributed by atoms with Crippen LogP contribution in [0.5, 0.6) is 5.75 Å². The van der Waals surface area contributed by atoms with Gasteiger partial charge in [-0.1, -0.05) is 32.0 Å². The Labute approximate surface area is 128 Å². The second-order valence-corrected chi connectivity index (χ2v) is 6.11. The average Bonchev–Trinajstić information content (AvgIpc) is 2.46. The van der Waals surface area contributed by atoms with Crippen molar-refractivity contribution < 1.29 is 9.53 Å². The zero-order valence-electron chi connectivity index (χ0n) is 13.4. The van der Waals surface area contributed by atoms with E-state index in [-0.39, 0.29) is 11.3 Å². The fourth-order valence-corrected chi connectivity index (χ4v) is 2.30. The van der Waals surface area contributed by atoms with E-state index < -0.39 is 0 Å². The Morgan fingerprint density at radius 3 is 2.67 bits per heavy atom. The van der Waals surface area contributed by atoms with Crippen LogP contribution in [-0.2, 0) is 11.2 Å². The number of amides is 1. The van der Waals surface area contributed by atoms with Gasteiger partial charge in [-0.25, -0.2) is 0 Å².